The van der Waals surface area contributed by atoms with Gasteiger partial charge in [-0.25, -0.2) is 11.6 Å². The lowest BCUT2D eigenvalue weighted by Gasteiger charge is -2.11. The minimum absolute atomic E-state index is 0.510. The quantitative estimate of drug-likeness (QED) is 0.285. The maximum Gasteiger partial charge on any atom is 0.328 e. The number of hydrogen-bond donors (Lipinski definition) is 2. The van der Waals surface area contributed by atoms with E-state index < -0.39 is 12.7 Å². The molecular formula is C4H13N2O3+. The number of nitrogens with two attached hydrogens (primary N) is 2. The first kappa shape index (κ1) is 8.80. The average molecular weight is 137 g/mol. The molecule has 0 aromatic rings. The van der Waals surface area contributed by atoms with Gasteiger partial charge < -0.3 is 4.74 Å². The largest absolute Gasteiger partial charge is 0.399 e. The van der Waals surface area contributed by atoms with Crippen molar-refractivity contribution in [2.45, 2.75) is 19.6 Å². The number of hydrogen-bond acceptors (Lipinski definition) is 4. The summed E-state index contributed by atoms with van der Waals surface area (Å²) in [4.78, 5) is 4.26. The SMILES string of the molecule is C[OH+][C@@H](N)OC(C)ON. The molecular weight excluding hydrogens is 124 g/mol. The monoisotopic (exact) mass is 137 g/mol. The van der Waals surface area contributed by atoms with E-state index in [1.165, 1.54) is 0 Å². The molecule has 5 heteroatoms. The van der Waals surface area contributed by atoms with Crippen molar-refractivity contribution in [2.24, 2.45) is 11.6 Å². The zero-order chi connectivity index (χ0) is 7.28. The third-order valence-corrected chi connectivity index (χ3v) is 0.777. The predicted octanol–water partition coefficient (Wildman–Crippen LogP) is -1.36. The van der Waals surface area contributed by atoms with Crippen LogP contribution in [0.1, 0.15) is 6.92 Å². The molecule has 0 aliphatic carbocycles. The van der Waals surface area contributed by atoms with Gasteiger partial charge in [0.15, 0.2) is 6.29 Å². The molecule has 0 amide bonds. The maximum absolute atomic E-state index is 5.22. The van der Waals surface area contributed by atoms with E-state index in [2.05, 4.69) is 9.57 Å². The second-order valence-electron chi connectivity index (χ2n) is 1.49. The van der Waals surface area contributed by atoms with E-state index in [0.29, 0.717) is 0 Å². The van der Waals surface area contributed by atoms with Gasteiger partial charge >= 0.3 is 6.41 Å². The number of rotatable bonds is 4. The molecule has 0 bridgehead atoms. The van der Waals surface area contributed by atoms with Crippen molar-refractivity contribution in [1.82, 2.24) is 0 Å². The van der Waals surface area contributed by atoms with Crippen LogP contribution in [0.5, 0.6) is 0 Å². The van der Waals surface area contributed by atoms with Crippen LogP contribution < -0.4 is 11.6 Å². The van der Waals surface area contributed by atoms with Crippen LogP contribution in [-0.2, 0) is 9.57 Å². The molecule has 0 aromatic carbocycles. The number of ether oxygens (including phenoxy) is 2. The lowest BCUT2D eigenvalue weighted by Crippen LogP contribution is -2.34. The lowest BCUT2D eigenvalue weighted by atomic mass is 10.8. The Morgan fingerprint density at radius 3 is 2.44 bits per heavy atom. The van der Waals surface area contributed by atoms with Gasteiger partial charge in [0.25, 0.3) is 0 Å². The molecule has 1 unspecified atom stereocenters. The van der Waals surface area contributed by atoms with Gasteiger partial charge in [0, 0.05) is 0 Å². The molecule has 0 saturated heterocycles. The zero-order valence-corrected chi connectivity index (χ0v) is 5.57. The molecule has 5 nitrogen and oxygen atoms in total. The van der Waals surface area contributed by atoms with Gasteiger partial charge in [-0.15, -0.1) is 0 Å². The minimum atomic E-state index is -0.649. The summed E-state index contributed by atoms with van der Waals surface area (Å²) in [5.41, 5.74) is 5.22. The Kier molecular flexibility index (Phi) is 4.55. The Bertz CT molecular complexity index is 62.8. The van der Waals surface area contributed by atoms with Gasteiger partial charge in [-0.1, -0.05) is 0 Å². The standard InChI is InChI=1S/C4H12N2O3/c1-3(9-6)8-4(5)7-2/h3-4H,5-6H2,1-2H3/p+1/t3?,4-/m1/s1. The summed E-state index contributed by atoms with van der Waals surface area (Å²) in [6.07, 6.45) is -1.16. The second-order valence-corrected chi connectivity index (χ2v) is 1.49. The fourth-order valence-corrected chi connectivity index (χ4v) is 0.289. The van der Waals surface area contributed by atoms with Crippen molar-refractivity contribution in [2.75, 3.05) is 7.11 Å². The van der Waals surface area contributed by atoms with Gasteiger partial charge in [0.2, 0.25) is 0 Å². The van der Waals surface area contributed by atoms with Crippen molar-refractivity contribution >= 4 is 0 Å². The van der Waals surface area contributed by atoms with Crippen LogP contribution in [0.15, 0.2) is 0 Å². The van der Waals surface area contributed by atoms with Gasteiger partial charge in [-0.05, 0) is 6.92 Å². The highest BCUT2D eigenvalue weighted by molar-refractivity contribution is 4.27. The number of aliphatic hydroxyl groups is 2. The Morgan fingerprint density at radius 1 is 1.56 bits per heavy atom. The van der Waals surface area contributed by atoms with Crippen LogP contribution in [0.25, 0.3) is 0 Å². The molecule has 0 saturated carbocycles. The average Bonchev–Trinajstić information content (AvgIpc) is 1.87. The summed E-state index contributed by atoms with van der Waals surface area (Å²) in [7, 11) is 1.55. The van der Waals surface area contributed by atoms with E-state index in [1.807, 2.05) is 0 Å². The van der Waals surface area contributed by atoms with E-state index >= 15 is 0 Å². The van der Waals surface area contributed by atoms with Crippen LogP contribution in [0.4, 0.5) is 0 Å². The molecule has 0 fully saturated rings. The molecule has 56 valence electrons. The third kappa shape index (κ3) is 4.31. The fourth-order valence-electron chi connectivity index (χ4n) is 0.289. The molecule has 2 atom stereocenters. The topological polar surface area (TPSA) is 83.3 Å². The molecule has 9 heavy (non-hydrogen) atoms. The van der Waals surface area contributed by atoms with E-state index in [-0.39, 0.29) is 0 Å². The predicted molar refractivity (Wildman–Crippen MR) is 31.9 cm³/mol. The highest BCUT2D eigenvalue weighted by atomic mass is 16.8. The Hall–Kier alpha value is -0.200. The zero-order valence-electron chi connectivity index (χ0n) is 5.57. The molecule has 0 aliphatic rings. The summed E-state index contributed by atoms with van der Waals surface area (Å²) in [5.74, 6) is 4.75. The van der Waals surface area contributed by atoms with Crippen molar-refractivity contribution in [3.63, 3.8) is 0 Å². The fraction of sp³-hybridized carbons (Fsp3) is 1.00. The molecule has 0 spiro atoms. The van der Waals surface area contributed by atoms with Gasteiger partial charge in [-0.3, -0.25) is 9.57 Å². The first-order valence-electron chi connectivity index (χ1n) is 2.56. The van der Waals surface area contributed by atoms with Crippen molar-refractivity contribution < 1.29 is 14.3 Å². The molecule has 5 N–H and O–H groups in total. The van der Waals surface area contributed by atoms with E-state index in [1.54, 1.807) is 14.0 Å². The maximum atomic E-state index is 5.22. The van der Waals surface area contributed by atoms with E-state index in [4.69, 9.17) is 16.4 Å². The summed E-state index contributed by atoms with van der Waals surface area (Å²) in [6, 6.07) is 0. The first-order valence-corrected chi connectivity index (χ1v) is 2.56. The lowest BCUT2D eigenvalue weighted by molar-refractivity contribution is -0.280. The van der Waals surface area contributed by atoms with Crippen molar-refractivity contribution in [1.29, 1.82) is 0 Å². The van der Waals surface area contributed by atoms with Crippen LogP contribution in [0.2, 0.25) is 0 Å². The second kappa shape index (κ2) is 4.66. The summed E-state index contributed by atoms with van der Waals surface area (Å²) >= 11 is 0. The van der Waals surface area contributed by atoms with Crippen LogP contribution >= 0.6 is 0 Å². The van der Waals surface area contributed by atoms with E-state index in [0.717, 1.165) is 0 Å². The Labute approximate surface area is 53.8 Å². The minimum Gasteiger partial charge on any atom is -0.399 e. The first-order chi connectivity index (χ1) is 4.20. The molecule has 0 heterocycles. The van der Waals surface area contributed by atoms with Crippen LogP contribution in [0.3, 0.4) is 0 Å². The molecule has 0 aliphatic heterocycles. The molecule has 0 radical (unpaired) electrons. The van der Waals surface area contributed by atoms with E-state index in [9.17, 15) is 0 Å². The third-order valence-electron chi connectivity index (χ3n) is 0.777. The normalized spacial score (nSPS) is 17.3. The van der Waals surface area contributed by atoms with Gasteiger partial charge in [0.1, 0.15) is 7.11 Å². The Morgan fingerprint density at radius 2 is 2.11 bits per heavy atom. The van der Waals surface area contributed by atoms with Crippen LogP contribution in [0, 0.1) is 0 Å². The van der Waals surface area contributed by atoms with Crippen LogP contribution in [-0.4, -0.2) is 24.6 Å². The van der Waals surface area contributed by atoms with Gasteiger partial charge in [-0.2, -0.15) is 0 Å². The van der Waals surface area contributed by atoms with Crippen molar-refractivity contribution in [3.05, 3.63) is 0 Å². The highest BCUT2D eigenvalue weighted by Crippen LogP contribution is 1.90. The summed E-state index contributed by atoms with van der Waals surface area (Å²) < 4.78 is 8.41. The smallest absolute Gasteiger partial charge is 0.328 e. The van der Waals surface area contributed by atoms with Gasteiger partial charge in [0.05, 0.1) is 0 Å². The molecule has 0 rings (SSSR count). The van der Waals surface area contributed by atoms with Crippen molar-refractivity contribution in [3.8, 4) is 0 Å². The Balaban J connectivity index is 3.22. The summed E-state index contributed by atoms with van der Waals surface area (Å²) in [5, 5.41) is 0. The highest BCUT2D eigenvalue weighted by Gasteiger charge is 2.08. The molecule has 0 aromatic heterocycles. The summed E-state index contributed by atoms with van der Waals surface area (Å²) in [6.45, 7) is 1.63.